The Morgan fingerprint density at radius 3 is 2.37 bits per heavy atom. The van der Waals surface area contributed by atoms with Crippen molar-refractivity contribution in [3.63, 3.8) is 0 Å². The summed E-state index contributed by atoms with van der Waals surface area (Å²) in [5, 5.41) is 0. The molecule has 0 saturated heterocycles. The number of nitrogens with zero attached hydrogens (tertiary/aromatic N) is 1. The van der Waals surface area contributed by atoms with E-state index in [0.29, 0.717) is 5.88 Å². The second-order valence-corrected chi connectivity index (χ2v) is 7.96. The lowest BCUT2D eigenvalue weighted by molar-refractivity contribution is -0.129. The highest BCUT2D eigenvalue weighted by Crippen LogP contribution is 2.24. The average Bonchev–Trinajstić information content (AvgIpc) is 2.78. The lowest BCUT2D eigenvalue weighted by atomic mass is 9.93. The minimum absolute atomic E-state index is 0.230. The maximum atomic E-state index is 12.3. The van der Waals surface area contributed by atoms with Crippen molar-refractivity contribution in [2.45, 2.75) is 84.0 Å². The summed E-state index contributed by atoms with van der Waals surface area (Å²) in [6.45, 7) is 4.43. The molecule has 3 nitrogen and oxygen atoms in total. The molecule has 1 unspecified atom stereocenters. The van der Waals surface area contributed by atoms with E-state index in [-0.39, 0.29) is 11.9 Å². The van der Waals surface area contributed by atoms with Crippen molar-refractivity contribution in [2.75, 3.05) is 0 Å². The third-order valence-corrected chi connectivity index (χ3v) is 5.38. The molecule has 1 aromatic heterocycles. The smallest absolute Gasteiger partial charge is 0.337 e. The summed E-state index contributed by atoms with van der Waals surface area (Å²) in [6.07, 6.45) is 17.3. The van der Waals surface area contributed by atoms with Crippen LogP contribution in [0.2, 0.25) is 0 Å². The number of pyridine rings is 1. The summed E-state index contributed by atoms with van der Waals surface area (Å²) in [6, 6.07) is 14.2. The zero-order chi connectivity index (χ0) is 21.4. The molecule has 1 atom stereocenters. The van der Waals surface area contributed by atoms with Crippen molar-refractivity contribution >= 4 is 5.97 Å². The molecule has 0 aliphatic heterocycles. The molecular weight excluding hydrogens is 370 g/mol. The summed E-state index contributed by atoms with van der Waals surface area (Å²) in [4.78, 5) is 16.6. The van der Waals surface area contributed by atoms with E-state index in [2.05, 4.69) is 31.0 Å². The van der Waals surface area contributed by atoms with Crippen LogP contribution < -0.4 is 4.74 Å². The molecule has 2 rings (SSSR count). The number of rotatable bonds is 14. The van der Waals surface area contributed by atoms with Crippen molar-refractivity contribution < 1.29 is 9.53 Å². The van der Waals surface area contributed by atoms with Gasteiger partial charge in [0.05, 0.1) is 0 Å². The Morgan fingerprint density at radius 2 is 1.67 bits per heavy atom. The molecule has 0 amide bonds. The molecule has 0 saturated carbocycles. The van der Waals surface area contributed by atoms with Crippen LogP contribution in [0.5, 0.6) is 5.88 Å². The number of hydrogen-bond donors (Lipinski definition) is 0. The number of hydrogen-bond acceptors (Lipinski definition) is 3. The van der Waals surface area contributed by atoms with Gasteiger partial charge in [-0.2, -0.15) is 0 Å². The Morgan fingerprint density at radius 1 is 0.933 bits per heavy atom. The van der Waals surface area contributed by atoms with E-state index >= 15 is 0 Å². The second-order valence-electron chi connectivity index (χ2n) is 7.96. The summed E-state index contributed by atoms with van der Waals surface area (Å²) in [5.41, 5.74) is 2.43. The van der Waals surface area contributed by atoms with E-state index in [0.717, 1.165) is 19.3 Å². The molecule has 0 fully saturated rings. The van der Waals surface area contributed by atoms with E-state index in [4.69, 9.17) is 4.74 Å². The molecule has 0 aliphatic rings. The third kappa shape index (κ3) is 9.39. The maximum absolute atomic E-state index is 12.3. The molecule has 0 bridgehead atoms. The van der Waals surface area contributed by atoms with Gasteiger partial charge in [0, 0.05) is 24.3 Å². The van der Waals surface area contributed by atoms with Crippen LogP contribution in [0.15, 0.2) is 60.8 Å². The normalized spacial score (nSPS) is 12.2. The fraction of sp³-hybridized carbons (Fsp3) is 0.481. The van der Waals surface area contributed by atoms with Crippen molar-refractivity contribution in [1.82, 2.24) is 4.98 Å². The third-order valence-electron chi connectivity index (χ3n) is 5.38. The van der Waals surface area contributed by atoms with Gasteiger partial charge in [0.25, 0.3) is 0 Å². The molecule has 3 heteroatoms. The number of ether oxygens (including phenoxy) is 1. The van der Waals surface area contributed by atoms with Crippen molar-refractivity contribution in [2.24, 2.45) is 0 Å². The van der Waals surface area contributed by atoms with Gasteiger partial charge in [0.1, 0.15) is 0 Å². The lowest BCUT2D eigenvalue weighted by Gasteiger charge is -2.13. The molecule has 0 aliphatic carbocycles. The van der Waals surface area contributed by atoms with Gasteiger partial charge in [-0.05, 0) is 30.4 Å². The predicted octanol–water partition coefficient (Wildman–Crippen LogP) is 7.42. The van der Waals surface area contributed by atoms with E-state index in [1.54, 1.807) is 12.1 Å². The Kier molecular flexibility index (Phi) is 11.6. The first kappa shape index (κ1) is 23.9. The van der Waals surface area contributed by atoms with Gasteiger partial charge >= 0.3 is 5.97 Å². The average molecular weight is 408 g/mol. The first-order valence-electron chi connectivity index (χ1n) is 11.6. The standard InChI is InChI=1S/C27H37NO2/c1-3-5-7-8-11-14-23-18-20-26(28-22-23)30-27(29)21-19-25(15-10-6-4-2)24-16-12-9-13-17-24/h9,12-13,16-22,25H,3-8,10-11,14-15H2,1-2H3. The highest BCUT2D eigenvalue weighted by molar-refractivity contribution is 5.83. The van der Waals surface area contributed by atoms with E-state index in [9.17, 15) is 4.79 Å². The minimum atomic E-state index is -0.369. The summed E-state index contributed by atoms with van der Waals surface area (Å²) in [7, 11) is 0. The highest BCUT2D eigenvalue weighted by atomic mass is 16.5. The Balaban J connectivity index is 1.85. The Labute approximate surface area is 182 Å². The number of benzene rings is 1. The topological polar surface area (TPSA) is 39.2 Å². The van der Waals surface area contributed by atoms with E-state index < -0.39 is 0 Å². The van der Waals surface area contributed by atoms with Crippen LogP contribution in [0.1, 0.15) is 88.7 Å². The van der Waals surface area contributed by atoms with Crippen LogP contribution in [0, 0.1) is 0 Å². The van der Waals surface area contributed by atoms with Gasteiger partial charge in [-0.3, -0.25) is 0 Å². The first-order valence-corrected chi connectivity index (χ1v) is 11.6. The molecule has 1 aromatic carbocycles. The van der Waals surface area contributed by atoms with Gasteiger partial charge in [-0.1, -0.05) is 101 Å². The Bertz CT molecular complexity index is 737. The maximum Gasteiger partial charge on any atom is 0.337 e. The van der Waals surface area contributed by atoms with Crippen molar-refractivity contribution in [1.29, 1.82) is 0 Å². The van der Waals surface area contributed by atoms with Gasteiger partial charge in [0.15, 0.2) is 0 Å². The van der Waals surface area contributed by atoms with Crippen LogP contribution in [-0.4, -0.2) is 11.0 Å². The number of esters is 1. The van der Waals surface area contributed by atoms with E-state index in [1.807, 2.05) is 36.5 Å². The number of aromatic nitrogens is 1. The quantitative estimate of drug-likeness (QED) is 0.186. The van der Waals surface area contributed by atoms with Crippen LogP contribution in [0.25, 0.3) is 0 Å². The highest BCUT2D eigenvalue weighted by Gasteiger charge is 2.09. The molecule has 2 aromatic rings. The first-order chi connectivity index (χ1) is 14.7. The number of carbonyl (C=O) groups excluding carboxylic acids is 1. The van der Waals surface area contributed by atoms with Crippen LogP contribution in [0.3, 0.4) is 0 Å². The van der Waals surface area contributed by atoms with Gasteiger partial charge in [0.2, 0.25) is 5.88 Å². The number of aryl methyl sites for hydroxylation is 1. The van der Waals surface area contributed by atoms with Crippen molar-refractivity contribution in [3.8, 4) is 5.88 Å². The largest absolute Gasteiger partial charge is 0.404 e. The second kappa shape index (κ2) is 14.5. The van der Waals surface area contributed by atoms with Crippen molar-refractivity contribution in [3.05, 3.63) is 71.9 Å². The van der Waals surface area contributed by atoms with Gasteiger partial charge in [-0.15, -0.1) is 0 Å². The molecule has 0 radical (unpaired) electrons. The fourth-order valence-electron chi connectivity index (χ4n) is 3.57. The van der Waals surface area contributed by atoms with Crippen LogP contribution >= 0.6 is 0 Å². The molecule has 0 N–H and O–H groups in total. The van der Waals surface area contributed by atoms with Crippen LogP contribution in [0.4, 0.5) is 0 Å². The Hall–Kier alpha value is -2.42. The zero-order valence-corrected chi connectivity index (χ0v) is 18.7. The molecule has 30 heavy (non-hydrogen) atoms. The summed E-state index contributed by atoms with van der Waals surface area (Å²) >= 11 is 0. The monoisotopic (exact) mass is 407 g/mol. The lowest BCUT2D eigenvalue weighted by Crippen LogP contribution is -2.06. The summed E-state index contributed by atoms with van der Waals surface area (Å²) < 4.78 is 5.40. The number of unbranched alkanes of at least 4 members (excludes halogenated alkanes) is 6. The molecule has 162 valence electrons. The van der Waals surface area contributed by atoms with Gasteiger partial charge < -0.3 is 4.74 Å². The van der Waals surface area contributed by atoms with Crippen LogP contribution in [-0.2, 0) is 11.2 Å². The molecular formula is C27H37NO2. The zero-order valence-electron chi connectivity index (χ0n) is 18.7. The van der Waals surface area contributed by atoms with Gasteiger partial charge in [-0.25, -0.2) is 9.78 Å². The minimum Gasteiger partial charge on any atom is -0.404 e. The fourth-order valence-corrected chi connectivity index (χ4v) is 3.57. The molecule has 1 heterocycles. The number of carbonyl (C=O) groups is 1. The summed E-state index contributed by atoms with van der Waals surface area (Å²) in [5.74, 6) is 0.223. The number of allylic oxidation sites excluding steroid dienone is 1. The molecule has 0 spiro atoms. The predicted molar refractivity (Wildman–Crippen MR) is 125 cm³/mol. The SMILES string of the molecule is CCCCCCCc1ccc(OC(=O)C=CC(CCCCC)c2ccccc2)nc1. The van der Waals surface area contributed by atoms with E-state index in [1.165, 1.54) is 56.1 Å².